The molecule has 1 aliphatic heterocycles. The smallest absolute Gasteiger partial charge is 0.458 e. The van der Waals surface area contributed by atoms with Crippen LogP contribution in [0.1, 0.15) is 107 Å². The number of aliphatic hydroxyl groups is 1. The lowest BCUT2D eigenvalue weighted by atomic mass is 9.44. The van der Waals surface area contributed by atoms with Crippen LogP contribution >= 0.6 is 0 Å². The van der Waals surface area contributed by atoms with Gasteiger partial charge in [-0.25, -0.2) is 9.59 Å². The van der Waals surface area contributed by atoms with Crippen LogP contribution in [0.25, 0.3) is 0 Å². The van der Waals surface area contributed by atoms with E-state index in [1.807, 2.05) is 64.2 Å². The number of ether oxygens (including phenoxy) is 7. The number of rotatable bonds is 14. The molecule has 7 rings (SSSR count). The van der Waals surface area contributed by atoms with Gasteiger partial charge < -0.3 is 43.6 Å². The number of carbonyl (C=O) groups excluding carboxylic acids is 7. The molecule has 74 heavy (non-hydrogen) atoms. The maximum absolute atomic E-state index is 16.3. The second kappa shape index (κ2) is 20.7. The minimum Gasteiger partial charge on any atom is -0.458 e. The van der Waals surface area contributed by atoms with Crippen LogP contribution in [-0.2, 0) is 52.3 Å². The van der Waals surface area contributed by atoms with Crippen molar-refractivity contribution in [3.8, 4) is 0 Å². The Morgan fingerprint density at radius 3 is 1.96 bits per heavy atom. The first kappa shape index (κ1) is 55.3. The highest BCUT2D eigenvalue weighted by atomic mass is 28.3. The first-order valence-corrected chi connectivity index (χ1v) is 28.0. The predicted octanol–water partition coefficient (Wildman–Crippen LogP) is 8.60. The fraction of sp³-hybridized carbons (Fsp3) is 0.491. The second-order valence-electron chi connectivity index (χ2n) is 22.3. The van der Waals surface area contributed by atoms with Crippen molar-refractivity contribution in [1.82, 2.24) is 5.32 Å². The van der Waals surface area contributed by atoms with Crippen LogP contribution in [0, 0.1) is 16.7 Å². The van der Waals surface area contributed by atoms with E-state index >= 15 is 9.59 Å². The number of carbonyl (C=O) groups is 7. The number of benzene rings is 3. The molecular formula is C57H69NO15Si. The standard InChI is InChI=1S/C57H69NO15Si/c1-13-29-67-52(65)71-40-30-41-56(32-68-41,73-35(4)60)46-48(72-50(63)38-27-21-16-22-28-38)57(66)31-39(33(2)42(54(57,8)9)44(69-34(3)59)47(61)55(40,46)10)70-51(64)45(74(11,12)53(5,6)7)43(36-23-17-14-18-24-36)58-49(62)37-25-19-15-20-26-37/h13-28,39-41,43-46,48,66H,1,29-32H2,2-12H3,(H,58,62)/t39-,40?,41+,43-,44+,45+,46-,48-,55+,56-,57+/m0/s1. The molecule has 1 unspecified atom stereocenters. The van der Waals surface area contributed by atoms with Gasteiger partial charge in [-0.15, -0.1) is 0 Å². The summed E-state index contributed by atoms with van der Waals surface area (Å²) >= 11 is 0. The molecule has 17 heteroatoms. The van der Waals surface area contributed by atoms with Crippen LogP contribution in [0.3, 0.4) is 0 Å². The monoisotopic (exact) mass is 1040 g/mol. The highest BCUT2D eigenvalue weighted by molar-refractivity contribution is 6.84. The molecule has 3 aromatic carbocycles. The number of hydrogen-bond acceptors (Lipinski definition) is 15. The lowest BCUT2D eigenvalue weighted by Gasteiger charge is -2.67. The maximum Gasteiger partial charge on any atom is 0.508 e. The molecule has 1 saturated heterocycles. The Balaban J connectivity index is 1.48. The van der Waals surface area contributed by atoms with Crippen LogP contribution in [0.2, 0.25) is 23.7 Å². The van der Waals surface area contributed by atoms with E-state index in [1.54, 1.807) is 69.3 Å². The van der Waals surface area contributed by atoms with Gasteiger partial charge in [0.25, 0.3) is 5.91 Å². The van der Waals surface area contributed by atoms with Crippen LogP contribution < -0.4 is 5.32 Å². The van der Waals surface area contributed by atoms with Crippen molar-refractivity contribution in [2.45, 2.75) is 147 Å². The molecule has 396 valence electrons. The predicted molar refractivity (Wildman–Crippen MR) is 273 cm³/mol. The fourth-order valence-electron chi connectivity index (χ4n) is 11.8. The van der Waals surface area contributed by atoms with Gasteiger partial charge in [-0.2, -0.15) is 0 Å². The third kappa shape index (κ3) is 9.73. The number of fused-ring (bicyclic) bond motifs is 5. The molecule has 1 amide bonds. The lowest BCUT2D eigenvalue weighted by Crippen LogP contribution is -2.82. The summed E-state index contributed by atoms with van der Waals surface area (Å²) in [7, 11) is -3.01. The van der Waals surface area contributed by atoms with Gasteiger partial charge in [0.2, 0.25) is 0 Å². The van der Waals surface area contributed by atoms with Crippen molar-refractivity contribution in [3.63, 3.8) is 0 Å². The van der Waals surface area contributed by atoms with E-state index in [9.17, 15) is 29.1 Å². The van der Waals surface area contributed by atoms with Crippen molar-refractivity contribution in [3.05, 3.63) is 131 Å². The zero-order valence-electron chi connectivity index (χ0n) is 44.1. The fourth-order valence-corrected chi connectivity index (χ4v) is 14.5. The normalized spacial score (nSPS) is 28.9. The summed E-state index contributed by atoms with van der Waals surface area (Å²) in [4.78, 5) is 101. The molecule has 3 aromatic rings. The van der Waals surface area contributed by atoms with E-state index in [1.165, 1.54) is 25.1 Å². The molecule has 1 heterocycles. The second-order valence-corrected chi connectivity index (χ2v) is 27.9. The first-order valence-electron chi connectivity index (χ1n) is 24.9. The molecule has 0 spiro atoms. The average Bonchev–Trinajstić information content (AvgIpc) is 3.33. The van der Waals surface area contributed by atoms with E-state index in [0.717, 1.165) is 13.8 Å². The summed E-state index contributed by atoms with van der Waals surface area (Å²) in [5, 5.41) is 17.0. The molecule has 2 bridgehead atoms. The number of amides is 1. The van der Waals surface area contributed by atoms with Crippen molar-refractivity contribution in [2.24, 2.45) is 16.7 Å². The zero-order valence-corrected chi connectivity index (χ0v) is 45.1. The van der Waals surface area contributed by atoms with Gasteiger partial charge in [-0.05, 0) is 59.9 Å². The Bertz CT molecular complexity index is 2700. The third-order valence-electron chi connectivity index (χ3n) is 16.7. The van der Waals surface area contributed by atoms with E-state index in [4.69, 9.17) is 33.2 Å². The molecule has 16 nitrogen and oxygen atoms in total. The highest BCUT2D eigenvalue weighted by Gasteiger charge is 2.79. The van der Waals surface area contributed by atoms with E-state index in [2.05, 4.69) is 11.9 Å². The molecule has 2 N–H and O–H groups in total. The minimum atomic E-state index is -3.01. The Kier molecular flexibility index (Phi) is 15.5. The molecule has 3 aliphatic carbocycles. The van der Waals surface area contributed by atoms with Crippen LogP contribution in [0.15, 0.2) is 115 Å². The number of nitrogens with one attached hydrogen (secondary N) is 1. The summed E-state index contributed by atoms with van der Waals surface area (Å²) in [6, 6.07) is 24.7. The van der Waals surface area contributed by atoms with Crippen molar-refractivity contribution in [2.75, 3.05) is 13.2 Å². The number of esters is 4. The van der Waals surface area contributed by atoms with Crippen LogP contribution in [0.4, 0.5) is 4.79 Å². The van der Waals surface area contributed by atoms with Gasteiger partial charge >= 0.3 is 30.0 Å². The van der Waals surface area contributed by atoms with E-state index in [0.29, 0.717) is 11.1 Å². The minimum absolute atomic E-state index is 0.0343. The summed E-state index contributed by atoms with van der Waals surface area (Å²) in [6.07, 6.45) is -8.39. The maximum atomic E-state index is 16.3. The molecular weight excluding hydrogens is 967 g/mol. The van der Waals surface area contributed by atoms with Crippen molar-refractivity contribution in [1.29, 1.82) is 0 Å². The molecule has 11 atom stereocenters. The van der Waals surface area contributed by atoms with Gasteiger partial charge in [-0.1, -0.05) is 127 Å². The lowest BCUT2D eigenvalue weighted by molar-refractivity contribution is -0.346. The number of hydrogen-bond donors (Lipinski definition) is 2. The molecule has 0 radical (unpaired) electrons. The van der Waals surface area contributed by atoms with Crippen molar-refractivity contribution >= 4 is 49.8 Å². The molecule has 3 fully saturated rings. The molecule has 0 aromatic heterocycles. The Labute approximate surface area is 433 Å². The Hall–Kier alpha value is -6.43. The molecule has 4 aliphatic rings. The van der Waals surface area contributed by atoms with Crippen LogP contribution in [-0.4, -0.2) is 110 Å². The van der Waals surface area contributed by atoms with Gasteiger partial charge in [0.05, 0.1) is 43.2 Å². The summed E-state index contributed by atoms with van der Waals surface area (Å²) in [5.74, 6) is -6.28. The third-order valence-corrected chi connectivity index (χ3v) is 22.7. The van der Waals surface area contributed by atoms with Gasteiger partial charge in [0.1, 0.15) is 36.6 Å². The summed E-state index contributed by atoms with van der Waals surface area (Å²) < 4.78 is 43.2. The summed E-state index contributed by atoms with van der Waals surface area (Å²) in [5.41, 5.74) is -7.78. The Morgan fingerprint density at radius 2 is 1.43 bits per heavy atom. The number of Topliss-reactive ketones (excluding diaryl/α,β-unsaturated/α-hetero) is 1. The van der Waals surface area contributed by atoms with Gasteiger partial charge in [0.15, 0.2) is 17.5 Å². The first-order chi connectivity index (χ1) is 34.7. The molecule has 2 saturated carbocycles. The van der Waals surface area contributed by atoms with Gasteiger partial charge in [0, 0.05) is 37.7 Å². The van der Waals surface area contributed by atoms with E-state index in [-0.39, 0.29) is 36.3 Å². The van der Waals surface area contributed by atoms with Gasteiger partial charge in [-0.3, -0.25) is 24.0 Å². The zero-order chi connectivity index (χ0) is 54.3. The average molecular weight is 1040 g/mol. The quantitative estimate of drug-likeness (QED) is 0.0669. The van der Waals surface area contributed by atoms with Crippen LogP contribution in [0.5, 0.6) is 0 Å². The SMILES string of the molecule is C=CCOC(=O)OC1C[C@H]2OC[C@@]2(OC(C)=O)[C@H]2[C@H](OC(=O)c3ccccc3)[C@]3(O)C[C@H](OC(=O)[C@@H]([C@@H](NC(=O)c4ccccc4)c4ccccc4)[Si](C)(C)C(C)(C)C)C(C)=C([C@@H](OC(C)=O)C(=O)[C@]12C)C3(C)C. The van der Waals surface area contributed by atoms with Crippen molar-refractivity contribution < 1.29 is 71.8 Å². The van der Waals surface area contributed by atoms with E-state index < -0.39 is 131 Å². The largest absolute Gasteiger partial charge is 0.508 e. The summed E-state index contributed by atoms with van der Waals surface area (Å²) in [6.45, 7) is 21.7. The Morgan fingerprint density at radius 1 is 0.851 bits per heavy atom. The number of ketones is 1. The topological polar surface area (TPSA) is 216 Å². The highest BCUT2D eigenvalue weighted by Crippen LogP contribution is 2.65.